The van der Waals surface area contributed by atoms with Gasteiger partial charge in [-0.1, -0.05) is 0 Å². The number of aromatic nitrogens is 3. The summed E-state index contributed by atoms with van der Waals surface area (Å²) in [5, 5.41) is 0. The van der Waals surface area contributed by atoms with Crippen LogP contribution >= 0.6 is 0 Å². The predicted molar refractivity (Wildman–Crippen MR) is 99.5 cm³/mol. The largest absolute Gasteiger partial charge is 0.419 e. The molecule has 1 fully saturated rings. The third-order valence-electron chi connectivity index (χ3n) is 4.52. The number of nitrogens with two attached hydrogens (primary N) is 1. The lowest BCUT2D eigenvalue weighted by Crippen LogP contribution is -2.50. The van der Waals surface area contributed by atoms with Crippen molar-refractivity contribution < 1.29 is 18.0 Å². The van der Waals surface area contributed by atoms with Crippen molar-refractivity contribution in [3.8, 4) is 0 Å². The maximum atomic E-state index is 12.8. The Morgan fingerprint density at radius 2 is 1.83 bits per heavy atom. The second-order valence-corrected chi connectivity index (χ2v) is 6.95. The van der Waals surface area contributed by atoms with E-state index in [0.717, 1.165) is 12.4 Å². The fraction of sp³-hybridized carbons (Fsp3) is 0.444. The number of amides is 1. The van der Waals surface area contributed by atoms with Gasteiger partial charge in [0.2, 0.25) is 5.95 Å². The van der Waals surface area contributed by atoms with E-state index in [9.17, 15) is 22.8 Å². The first-order chi connectivity index (χ1) is 13.6. The topological polar surface area (TPSA) is 97.3 Å². The zero-order chi connectivity index (χ0) is 21.2. The maximum Gasteiger partial charge on any atom is 0.419 e. The SMILES string of the molecule is C[C@H](N)Cn1ccc(=O)c(C(=O)N2CCN(c3ncc(C(F)(F)F)cn3)CC2)c1. The van der Waals surface area contributed by atoms with Crippen LogP contribution in [0.5, 0.6) is 0 Å². The normalized spacial score (nSPS) is 16.0. The molecule has 0 unspecified atom stereocenters. The van der Waals surface area contributed by atoms with E-state index < -0.39 is 11.7 Å². The highest BCUT2D eigenvalue weighted by molar-refractivity contribution is 5.94. The maximum absolute atomic E-state index is 12.8. The molecule has 1 atom stereocenters. The molecular formula is C18H21F3N6O2. The third kappa shape index (κ3) is 4.91. The van der Waals surface area contributed by atoms with Crippen LogP contribution in [0.1, 0.15) is 22.8 Å². The van der Waals surface area contributed by atoms with Gasteiger partial charge in [0.05, 0.1) is 5.56 Å². The Morgan fingerprint density at radius 1 is 1.21 bits per heavy atom. The van der Waals surface area contributed by atoms with E-state index in [1.54, 1.807) is 15.7 Å². The Labute approximate surface area is 164 Å². The molecule has 2 N–H and O–H groups in total. The molecule has 8 nitrogen and oxygen atoms in total. The number of alkyl halides is 3. The van der Waals surface area contributed by atoms with Crippen molar-refractivity contribution in [1.82, 2.24) is 19.4 Å². The Hall–Kier alpha value is -2.95. The fourth-order valence-corrected chi connectivity index (χ4v) is 3.04. The summed E-state index contributed by atoms with van der Waals surface area (Å²) in [6.07, 6.45) is 0.0745. The van der Waals surface area contributed by atoms with Crippen molar-refractivity contribution >= 4 is 11.9 Å². The van der Waals surface area contributed by atoms with Crippen LogP contribution in [0.15, 0.2) is 35.6 Å². The summed E-state index contributed by atoms with van der Waals surface area (Å²) < 4.78 is 39.6. The van der Waals surface area contributed by atoms with Crippen molar-refractivity contribution in [3.63, 3.8) is 0 Å². The van der Waals surface area contributed by atoms with Gasteiger partial charge in [-0.25, -0.2) is 9.97 Å². The highest BCUT2D eigenvalue weighted by Crippen LogP contribution is 2.28. The average molecular weight is 410 g/mol. The molecule has 0 bridgehead atoms. The standard InChI is InChI=1S/C18H21F3N6O2/c1-12(22)10-25-3-2-15(28)14(11-25)16(29)26-4-6-27(7-5-26)17-23-8-13(9-24-17)18(19,20)21/h2-3,8-9,11-12H,4-7,10,22H2,1H3/t12-/m0/s1. The van der Waals surface area contributed by atoms with Crippen LogP contribution in [0.2, 0.25) is 0 Å². The van der Waals surface area contributed by atoms with Gasteiger partial charge in [-0.2, -0.15) is 13.2 Å². The highest BCUT2D eigenvalue weighted by Gasteiger charge is 2.32. The lowest BCUT2D eigenvalue weighted by Gasteiger charge is -2.34. The lowest BCUT2D eigenvalue weighted by atomic mass is 10.2. The van der Waals surface area contributed by atoms with Crippen molar-refractivity contribution in [1.29, 1.82) is 0 Å². The van der Waals surface area contributed by atoms with Crippen LogP contribution in [-0.4, -0.2) is 57.6 Å². The molecule has 0 aromatic carbocycles. The number of hydrogen-bond donors (Lipinski definition) is 1. The summed E-state index contributed by atoms with van der Waals surface area (Å²) in [5.74, 6) is -0.217. The Balaban J connectivity index is 1.66. The first-order valence-electron chi connectivity index (χ1n) is 9.04. The van der Waals surface area contributed by atoms with E-state index in [-0.39, 0.29) is 28.9 Å². The molecule has 1 aliphatic heterocycles. The Bertz CT molecular complexity index is 918. The minimum Gasteiger partial charge on any atom is -0.352 e. The van der Waals surface area contributed by atoms with E-state index in [1.807, 2.05) is 6.92 Å². The second-order valence-electron chi connectivity index (χ2n) is 6.95. The lowest BCUT2D eigenvalue weighted by molar-refractivity contribution is -0.138. The molecule has 2 aromatic rings. The molecule has 1 amide bonds. The molecule has 1 saturated heterocycles. The van der Waals surface area contributed by atoms with Gasteiger partial charge in [0, 0.05) is 69.6 Å². The summed E-state index contributed by atoms with van der Waals surface area (Å²) in [7, 11) is 0. The number of carbonyl (C=O) groups excluding carboxylic acids is 1. The van der Waals surface area contributed by atoms with Gasteiger partial charge < -0.3 is 20.1 Å². The summed E-state index contributed by atoms with van der Waals surface area (Å²) in [6, 6.07) is 1.20. The molecule has 156 valence electrons. The molecule has 0 aliphatic carbocycles. The van der Waals surface area contributed by atoms with Gasteiger partial charge in [-0.05, 0) is 6.92 Å². The number of nitrogens with zero attached hydrogens (tertiary/aromatic N) is 5. The fourth-order valence-electron chi connectivity index (χ4n) is 3.04. The molecule has 0 radical (unpaired) electrons. The molecule has 0 saturated carbocycles. The smallest absolute Gasteiger partial charge is 0.352 e. The second kappa shape index (κ2) is 8.19. The van der Waals surface area contributed by atoms with Crippen LogP contribution in [0.3, 0.4) is 0 Å². The molecule has 29 heavy (non-hydrogen) atoms. The van der Waals surface area contributed by atoms with Crippen LogP contribution in [0, 0.1) is 0 Å². The number of pyridine rings is 1. The van der Waals surface area contributed by atoms with E-state index in [4.69, 9.17) is 5.73 Å². The summed E-state index contributed by atoms with van der Waals surface area (Å²) in [6.45, 7) is 3.58. The molecule has 3 rings (SSSR count). The zero-order valence-corrected chi connectivity index (χ0v) is 15.8. The summed E-state index contributed by atoms with van der Waals surface area (Å²) in [5.41, 5.74) is 4.54. The molecule has 3 heterocycles. The average Bonchev–Trinajstić information content (AvgIpc) is 2.68. The molecule has 11 heteroatoms. The summed E-state index contributed by atoms with van der Waals surface area (Å²) >= 11 is 0. The van der Waals surface area contributed by atoms with Gasteiger partial charge in [0.15, 0.2) is 5.43 Å². The molecule has 0 spiro atoms. The Morgan fingerprint density at radius 3 is 2.38 bits per heavy atom. The number of carbonyl (C=O) groups is 1. The van der Waals surface area contributed by atoms with E-state index >= 15 is 0 Å². The molecule has 2 aromatic heterocycles. The van der Waals surface area contributed by atoms with E-state index in [0.29, 0.717) is 32.7 Å². The Kier molecular flexibility index (Phi) is 5.87. The first kappa shape index (κ1) is 20.8. The quantitative estimate of drug-likeness (QED) is 0.807. The van der Waals surface area contributed by atoms with Crippen LogP contribution in [0.25, 0.3) is 0 Å². The van der Waals surface area contributed by atoms with Gasteiger partial charge in [0.25, 0.3) is 5.91 Å². The van der Waals surface area contributed by atoms with Crippen LogP contribution in [-0.2, 0) is 12.7 Å². The number of halogens is 3. The monoisotopic (exact) mass is 410 g/mol. The van der Waals surface area contributed by atoms with Crippen molar-refractivity contribution in [2.24, 2.45) is 5.73 Å². The van der Waals surface area contributed by atoms with E-state index in [2.05, 4.69) is 9.97 Å². The predicted octanol–water partition coefficient (Wildman–Crippen LogP) is 0.967. The van der Waals surface area contributed by atoms with Gasteiger partial charge in [-0.3, -0.25) is 9.59 Å². The van der Waals surface area contributed by atoms with Crippen molar-refractivity contribution in [2.75, 3.05) is 31.1 Å². The first-order valence-corrected chi connectivity index (χ1v) is 9.04. The molecule has 1 aliphatic rings. The minimum atomic E-state index is -4.49. The number of anilines is 1. The van der Waals surface area contributed by atoms with Crippen molar-refractivity contribution in [3.05, 3.63) is 52.2 Å². The van der Waals surface area contributed by atoms with E-state index in [1.165, 1.54) is 17.2 Å². The number of piperazine rings is 1. The summed E-state index contributed by atoms with van der Waals surface area (Å²) in [4.78, 5) is 35.7. The number of rotatable bonds is 4. The molecular weight excluding hydrogens is 389 g/mol. The van der Waals surface area contributed by atoms with Gasteiger partial charge >= 0.3 is 6.18 Å². The number of hydrogen-bond acceptors (Lipinski definition) is 6. The van der Waals surface area contributed by atoms with Crippen LogP contribution < -0.4 is 16.1 Å². The zero-order valence-electron chi connectivity index (χ0n) is 15.8. The van der Waals surface area contributed by atoms with Gasteiger partial charge in [-0.15, -0.1) is 0 Å². The van der Waals surface area contributed by atoms with Crippen molar-refractivity contribution in [2.45, 2.75) is 25.7 Å². The third-order valence-corrected chi connectivity index (χ3v) is 4.52. The minimum absolute atomic E-state index is 0.0624. The van der Waals surface area contributed by atoms with Crippen LogP contribution in [0.4, 0.5) is 19.1 Å². The highest BCUT2D eigenvalue weighted by atomic mass is 19.4. The van der Waals surface area contributed by atoms with Gasteiger partial charge in [0.1, 0.15) is 5.56 Å².